The van der Waals surface area contributed by atoms with Gasteiger partial charge in [0.2, 0.25) is 0 Å². The van der Waals surface area contributed by atoms with Gasteiger partial charge >= 0.3 is 0 Å². The maximum atomic E-state index is 4.54. The number of para-hydroxylation sites is 1. The van der Waals surface area contributed by atoms with Crippen LogP contribution in [0.4, 0.5) is 0 Å². The van der Waals surface area contributed by atoms with Crippen LogP contribution in [0, 0.1) is 17.4 Å². The van der Waals surface area contributed by atoms with Crippen LogP contribution in [-0.4, -0.2) is 9.55 Å². The maximum Gasteiger partial charge on any atom is 0.144 e. The van der Waals surface area contributed by atoms with Gasteiger partial charge in [-0.3, -0.25) is 4.57 Å². The minimum absolute atomic E-state index is 0.985. The first kappa shape index (κ1) is 13.4. The average Bonchev–Trinajstić information content (AvgIpc) is 2.88. The van der Waals surface area contributed by atoms with Crippen molar-refractivity contribution in [1.82, 2.24) is 9.55 Å². The van der Waals surface area contributed by atoms with E-state index in [4.69, 9.17) is 0 Å². The van der Waals surface area contributed by atoms with Crippen LogP contribution in [0.2, 0.25) is 0 Å². The summed E-state index contributed by atoms with van der Waals surface area (Å²) in [6.45, 7) is 4.28. The molecule has 0 N–H and O–H groups in total. The molecular weight excluding hydrogens is 359 g/mol. The smallest absolute Gasteiger partial charge is 0.144 e. The van der Waals surface area contributed by atoms with Crippen molar-refractivity contribution in [1.29, 1.82) is 0 Å². The Labute approximate surface area is 132 Å². The van der Waals surface area contributed by atoms with E-state index in [1.54, 1.807) is 0 Å². The van der Waals surface area contributed by atoms with Crippen LogP contribution in [0.5, 0.6) is 0 Å². The Kier molecular flexibility index (Phi) is 3.61. The van der Waals surface area contributed by atoms with Gasteiger partial charge < -0.3 is 0 Å². The molecule has 0 saturated heterocycles. The molecule has 0 saturated carbocycles. The highest BCUT2D eigenvalue weighted by molar-refractivity contribution is 14.1. The van der Waals surface area contributed by atoms with Gasteiger partial charge in [-0.2, -0.15) is 0 Å². The van der Waals surface area contributed by atoms with Crippen molar-refractivity contribution in [3.05, 3.63) is 69.6 Å². The summed E-state index contributed by atoms with van der Waals surface area (Å²) in [4.78, 5) is 4.54. The third-order valence-corrected chi connectivity index (χ3v) is 4.14. The summed E-state index contributed by atoms with van der Waals surface area (Å²) in [7, 11) is 0. The third kappa shape index (κ3) is 2.38. The molecule has 3 rings (SSSR count). The molecule has 0 aliphatic heterocycles. The Morgan fingerprint density at radius 2 is 1.60 bits per heavy atom. The number of nitrogens with zero attached hydrogens (tertiary/aromatic N) is 2. The second kappa shape index (κ2) is 5.40. The largest absolute Gasteiger partial charge is 0.299 e. The standard InChI is InChI=1S/C17H15IN2/c1-12-4-3-5-13(2)16(12)20-11-10-19-17(20)14-6-8-15(18)9-7-14/h3-11H,1-2H3. The Balaban J connectivity index is 2.18. The van der Waals surface area contributed by atoms with Crippen LogP contribution in [-0.2, 0) is 0 Å². The van der Waals surface area contributed by atoms with Crippen molar-refractivity contribution >= 4 is 22.6 Å². The molecule has 2 nitrogen and oxygen atoms in total. The molecule has 0 aliphatic rings. The Morgan fingerprint density at radius 3 is 2.25 bits per heavy atom. The van der Waals surface area contributed by atoms with Gasteiger partial charge in [0, 0.05) is 21.5 Å². The molecule has 0 aliphatic carbocycles. The van der Waals surface area contributed by atoms with E-state index in [1.807, 2.05) is 12.4 Å². The van der Waals surface area contributed by atoms with Gasteiger partial charge in [0.1, 0.15) is 5.82 Å². The summed E-state index contributed by atoms with van der Waals surface area (Å²) in [6, 6.07) is 14.8. The van der Waals surface area contributed by atoms with E-state index in [9.17, 15) is 0 Å². The van der Waals surface area contributed by atoms with Gasteiger partial charge in [0.25, 0.3) is 0 Å². The maximum absolute atomic E-state index is 4.54. The fourth-order valence-corrected chi connectivity index (χ4v) is 2.84. The van der Waals surface area contributed by atoms with Crippen molar-refractivity contribution in [3.8, 4) is 17.1 Å². The zero-order chi connectivity index (χ0) is 14.1. The van der Waals surface area contributed by atoms with Crippen LogP contribution in [0.25, 0.3) is 17.1 Å². The lowest BCUT2D eigenvalue weighted by Crippen LogP contribution is -2.01. The summed E-state index contributed by atoms with van der Waals surface area (Å²) in [5.41, 5.74) is 4.88. The second-order valence-corrected chi connectivity index (χ2v) is 6.11. The summed E-state index contributed by atoms with van der Waals surface area (Å²) >= 11 is 2.32. The molecular formula is C17H15IN2. The highest BCUT2D eigenvalue weighted by Crippen LogP contribution is 2.26. The normalized spacial score (nSPS) is 10.8. The summed E-state index contributed by atoms with van der Waals surface area (Å²) in [5, 5.41) is 0. The number of aryl methyl sites for hydroxylation is 2. The molecule has 0 fully saturated rings. The molecule has 0 radical (unpaired) electrons. The van der Waals surface area contributed by atoms with Gasteiger partial charge in [-0.15, -0.1) is 0 Å². The third-order valence-electron chi connectivity index (χ3n) is 3.42. The predicted molar refractivity (Wildman–Crippen MR) is 91.2 cm³/mol. The number of hydrogen-bond acceptors (Lipinski definition) is 1. The van der Waals surface area contributed by atoms with Gasteiger partial charge in [0.05, 0.1) is 5.69 Å². The van der Waals surface area contributed by atoms with Crippen molar-refractivity contribution < 1.29 is 0 Å². The molecule has 0 bridgehead atoms. The molecule has 2 aromatic carbocycles. The molecule has 0 unspecified atom stereocenters. The Morgan fingerprint density at radius 1 is 0.950 bits per heavy atom. The van der Waals surface area contributed by atoms with Gasteiger partial charge in [-0.05, 0) is 59.7 Å². The second-order valence-electron chi connectivity index (χ2n) is 4.87. The number of rotatable bonds is 2. The quantitative estimate of drug-likeness (QED) is 0.592. The lowest BCUT2D eigenvalue weighted by molar-refractivity contribution is 1.03. The first-order chi connectivity index (χ1) is 9.66. The van der Waals surface area contributed by atoms with E-state index in [-0.39, 0.29) is 0 Å². The number of hydrogen-bond donors (Lipinski definition) is 0. The Bertz CT molecular complexity index is 722. The molecule has 1 heterocycles. The highest BCUT2D eigenvalue weighted by atomic mass is 127. The van der Waals surface area contributed by atoms with E-state index < -0.39 is 0 Å². The summed E-state index contributed by atoms with van der Waals surface area (Å²) in [6.07, 6.45) is 3.89. The number of benzene rings is 2. The predicted octanol–water partition coefficient (Wildman–Crippen LogP) is 4.76. The zero-order valence-electron chi connectivity index (χ0n) is 11.5. The molecule has 0 spiro atoms. The van der Waals surface area contributed by atoms with E-state index in [0.29, 0.717) is 0 Å². The van der Waals surface area contributed by atoms with Gasteiger partial charge in [-0.1, -0.05) is 30.3 Å². The summed E-state index contributed by atoms with van der Waals surface area (Å²) in [5.74, 6) is 0.985. The molecule has 20 heavy (non-hydrogen) atoms. The van der Waals surface area contributed by atoms with Crippen LogP contribution in [0.1, 0.15) is 11.1 Å². The zero-order valence-corrected chi connectivity index (χ0v) is 13.6. The van der Waals surface area contributed by atoms with Crippen LogP contribution < -0.4 is 0 Å². The minimum atomic E-state index is 0.985. The van der Waals surface area contributed by atoms with Crippen LogP contribution >= 0.6 is 22.6 Å². The molecule has 3 aromatic rings. The SMILES string of the molecule is Cc1cccc(C)c1-n1ccnc1-c1ccc(I)cc1. The fourth-order valence-electron chi connectivity index (χ4n) is 2.48. The first-order valence-corrected chi connectivity index (χ1v) is 7.60. The van der Waals surface area contributed by atoms with E-state index >= 15 is 0 Å². The minimum Gasteiger partial charge on any atom is -0.299 e. The van der Waals surface area contributed by atoms with E-state index in [1.165, 1.54) is 20.4 Å². The Hall–Kier alpha value is -1.62. The average molecular weight is 374 g/mol. The fraction of sp³-hybridized carbons (Fsp3) is 0.118. The van der Waals surface area contributed by atoms with Crippen molar-refractivity contribution in [2.24, 2.45) is 0 Å². The highest BCUT2D eigenvalue weighted by Gasteiger charge is 2.11. The molecule has 3 heteroatoms. The van der Waals surface area contributed by atoms with Crippen molar-refractivity contribution in [3.63, 3.8) is 0 Å². The van der Waals surface area contributed by atoms with Gasteiger partial charge in [-0.25, -0.2) is 4.98 Å². The molecule has 0 amide bonds. The number of halogens is 1. The lowest BCUT2D eigenvalue weighted by atomic mass is 10.1. The molecule has 1 aromatic heterocycles. The van der Waals surface area contributed by atoms with Crippen molar-refractivity contribution in [2.45, 2.75) is 13.8 Å². The van der Waals surface area contributed by atoms with Crippen LogP contribution in [0.15, 0.2) is 54.9 Å². The first-order valence-electron chi connectivity index (χ1n) is 6.52. The summed E-state index contributed by atoms with van der Waals surface area (Å²) < 4.78 is 3.41. The monoisotopic (exact) mass is 374 g/mol. The topological polar surface area (TPSA) is 17.8 Å². The number of imidazole rings is 1. The lowest BCUT2D eigenvalue weighted by Gasteiger charge is -2.14. The number of aromatic nitrogens is 2. The van der Waals surface area contributed by atoms with E-state index in [0.717, 1.165) is 11.4 Å². The van der Waals surface area contributed by atoms with E-state index in [2.05, 4.69) is 88.5 Å². The van der Waals surface area contributed by atoms with Crippen molar-refractivity contribution in [2.75, 3.05) is 0 Å². The van der Waals surface area contributed by atoms with Crippen LogP contribution in [0.3, 0.4) is 0 Å². The molecule has 0 atom stereocenters. The molecule has 100 valence electrons. The van der Waals surface area contributed by atoms with Gasteiger partial charge in [0.15, 0.2) is 0 Å².